The number of carboxylic acids is 1. The molecule has 2 aromatic rings. The van der Waals surface area contributed by atoms with Gasteiger partial charge in [0.2, 0.25) is 0 Å². The average Bonchev–Trinajstić information content (AvgIpc) is 3.10. The number of hydrogen-bond acceptors (Lipinski definition) is 6. The number of amides is 1. The molecule has 176 valence electrons. The van der Waals surface area contributed by atoms with Crippen molar-refractivity contribution in [1.82, 2.24) is 15.1 Å². The first-order valence-corrected chi connectivity index (χ1v) is 10.9. The van der Waals surface area contributed by atoms with Gasteiger partial charge in [-0.3, -0.25) is 4.79 Å². The van der Waals surface area contributed by atoms with Crippen molar-refractivity contribution in [2.24, 2.45) is 0 Å². The van der Waals surface area contributed by atoms with Crippen molar-refractivity contribution in [3.05, 3.63) is 47.0 Å². The van der Waals surface area contributed by atoms with Crippen molar-refractivity contribution < 1.29 is 58.9 Å². The fraction of sp³-hybridized carbons (Fsp3) is 0.522. The van der Waals surface area contributed by atoms with Crippen LogP contribution in [0, 0.1) is 5.82 Å². The molecule has 0 unspecified atom stereocenters. The number of aliphatic hydroxyl groups is 2. The second-order valence-electron chi connectivity index (χ2n) is 8.17. The first-order valence-electron chi connectivity index (χ1n) is 10.9. The quantitative estimate of drug-likeness (QED) is 0.322. The van der Waals surface area contributed by atoms with E-state index in [1.807, 2.05) is 20.8 Å². The molecule has 2 atom stereocenters. The number of nitrogens with one attached hydrogen (secondary N) is 1. The zero-order valence-electron chi connectivity index (χ0n) is 19.7. The molecule has 0 radical (unpaired) electrons. The first kappa shape index (κ1) is 29.3. The van der Waals surface area contributed by atoms with Crippen LogP contribution in [0.3, 0.4) is 0 Å². The van der Waals surface area contributed by atoms with E-state index < -0.39 is 30.4 Å². The minimum absolute atomic E-state index is 0. The summed E-state index contributed by atoms with van der Waals surface area (Å²) in [6, 6.07) is 5.73. The van der Waals surface area contributed by atoms with Gasteiger partial charge < -0.3 is 25.4 Å². The van der Waals surface area contributed by atoms with Gasteiger partial charge in [-0.15, -0.1) is 0 Å². The normalized spacial score (nSPS) is 12.8. The molecule has 0 saturated heterocycles. The van der Waals surface area contributed by atoms with Crippen LogP contribution in [0.2, 0.25) is 0 Å². The van der Waals surface area contributed by atoms with Gasteiger partial charge >= 0.3 is 29.6 Å². The Balaban J connectivity index is 0.00000544. The molecule has 0 saturated carbocycles. The maximum Gasteiger partial charge on any atom is 1.00 e. The fourth-order valence-corrected chi connectivity index (χ4v) is 3.61. The molecule has 0 fully saturated rings. The Bertz CT molecular complexity index is 918. The predicted octanol–water partition coefficient (Wildman–Crippen LogP) is -1.54. The zero-order chi connectivity index (χ0) is 23.8. The van der Waals surface area contributed by atoms with Crippen molar-refractivity contribution in [3.8, 4) is 5.69 Å². The van der Waals surface area contributed by atoms with Gasteiger partial charge in [-0.1, -0.05) is 20.8 Å². The summed E-state index contributed by atoms with van der Waals surface area (Å²) >= 11 is 0. The van der Waals surface area contributed by atoms with Gasteiger partial charge in [0.15, 0.2) is 5.69 Å². The van der Waals surface area contributed by atoms with Gasteiger partial charge in [-0.05, 0) is 55.9 Å². The number of hydrogen-bond donors (Lipinski definition) is 3. The van der Waals surface area contributed by atoms with E-state index >= 15 is 0 Å². The standard InChI is InChI=1S/C23H32FN3O5.Na/c1-4-11-25-23(32)22-21(14(2)3)19(10-9-17(28)12-18(29)13-20(30)31)27(26-22)16-7-5-15(24)6-8-16;/h5-8,14,17-18,28-29H,4,9-13H2,1-3H3,(H,25,32)(H,30,31);/q;+1/p-1/t17-,18-;/m1./s1. The van der Waals surface area contributed by atoms with Crippen LogP contribution in [0.4, 0.5) is 4.39 Å². The van der Waals surface area contributed by atoms with E-state index in [4.69, 9.17) is 0 Å². The minimum Gasteiger partial charge on any atom is -0.550 e. The number of halogens is 1. The van der Waals surface area contributed by atoms with Crippen molar-refractivity contribution in [2.75, 3.05) is 6.54 Å². The molecule has 1 amide bonds. The summed E-state index contributed by atoms with van der Waals surface area (Å²) in [5.74, 6) is -2.14. The molecule has 1 aromatic carbocycles. The monoisotopic (exact) mass is 471 g/mol. The second kappa shape index (κ2) is 13.8. The van der Waals surface area contributed by atoms with E-state index in [0.29, 0.717) is 24.3 Å². The summed E-state index contributed by atoms with van der Waals surface area (Å²) < 4.78 is 15.0. The molecule has 0 aliphatic rings. The van der Waals surface area contributed by atoms with E-state index in [-0.39, 0.29) is 59.9 Å². The van der Waals surface area contributed by atoms with Crippen LogP contribution in [-0.2, 0) is 11.2 Å². The predicted molar refractivity (Wildman–Crippen MR) is 115 cm³/mol. The van der Waals surface area contributed by atoms with E-state index in [1.54, 1.807) is 16.8 Å². The van der Waals surface area contributed by atoms with E-state index in [1.165, 1.54) is 12.1 Å². The number of carbonyl (C=O) groups is 2. The minimum atomic E-state index is -1.39. The van der Waals surface area contributed by atoms with E-state index in [9.17, 15) is 29.3 Å². The molecule has 1 aromatic heterocycles. The number of aliphatic carboxylic acids is 1. The van der Waals surface area contributed by atoms with Gasteiger partial charge in [-0.25, -0.2) is 9.07 Å². The fourth-order valence-electron chi connectivity index (χ4n) is 3.61. The Kier molecular flexibility index (Phi) is 12.2. The summed E-state index contributed by atoms with van der Waals surface area (Å²) in [6.07, 6.45) is -1.53. The van der Waals surface area contributed by atoms with Gasteiger partial charge in [0.25, 0.3) is 5.91 Å². The first-order chi connectivity index (χ1) is 15.1. The molecule has 33 heavy (non-hydrogen) atoms. The number of aliphatic hydroxyl groups excluding tert-OH is 2. The van der Waals surface area contributed by atoms with Gasteiger partial charge in [0.05, 0.1) is 17.9 Å². The molecule has 1 heterocycles. The van der Waals surface area contributed by atoms with Crippen LogP contribution < -0.4 is 40.0 Å². The van der Waals surface area contributed by atoms with Crippen LogP contribution >= 0.6 is 0 Å². The molecule has 3 N–H and O–H groups in total. The zero-order valence-corrected chi connectivity index (χ0v) is 21.7. The Hall–Kier alpha value is -1.78. The SMILES string of the molecule is CCCNC(=O)c1nn(-c2ccc(F)cc2)c(CC[C@@H](O)C[C@@H](O)CC(=O)[O-])c1C(C)C.[Na+]. The number of aromatic nitrogens is 2. The van der Waals surface area contributed by atoms with Crippen molar-refractivity contribution in [2.45, 2.75) is 71.0 Å². The number of benzene rings is 1. The van der Waals surface area contributed by atoms with Crippen LogP contribution in [-0.4, -0.2) is 50.6 Å². The molecule has 2 rings (SSSR count). The summed E-state index contributed by atoms with van der Waals surface area (Å²) in [5, 5.41) is 38.1. The van der Waals surface area contributed by atoms with Crippen molar-refractivity contribution in [3.63, 3.8) is 0 Å². The van der Waals surface area contributed by atoms with Gasteiger partial charge in [-0.2, -0.15) is 5.10 Å². The molecule has 0 aliphatic carbocycles. The van der Waals surface area contributed by atoms with Gasteiger partial charge in [0, 0.05) is 30.2 Å². The maximum atomic E-state index is 13.5. The Morgan fingerprint density at radius 1 is 1.18 bits per heavy atom. The Labute approximate surface area is 215 Å². The number of rotatable bonds is 12. The molecule has 10 heteroatoms. The largest absolute Gasteiger partial charge is 1.00 e. The summed E-state index contributed by atoms with van der Waals surface area (Å²) in [5.41, 5.74) is 2.27. The van der Waals surface area contributed by atoms with Gasteiger partial charge in [0.1, 0.15) is 5.82 Å². The van der Waals surface area contributed by atoms with E-state index in [0.717, 1.165) is 12.0 Å². The molecule has 0 spiro atoms. The molecule has 0 aliphatic heterocycles. The second-order valence-corrected chi connectivity index (χ2v) is 8.17. The Morgan fingerprint density at radius 3 is 2.36 bits per heavy atom. The van der Waals surface area contributed by atoms with Crippen LogP contribution in [0.15, 0.2) is 24.3 Å². The van der Waals surface area contributed by atoms with Crippen LogP contribution in [0.5, 0.6) is 0 Å². The van der Waals surface area contributed by atoms with Crippen LogP contribution in [0.25, 0.3) is 5.69 Å². The average molecular weight is 472 g/mol. The van der Waals surface area contributed by atoms with Crippen LogP contribution in [0.1, 0.15) is 74.1 Å². The summed E-state index contributed by atoms with van der Waals surface area (Å²) in [6.45, 7) is 6.32. The number of carbonyl (C=O) groups excluding carboxylic acids is 2. The summed E-state index contributed by atoms with van der Waals surface area (Å²) in [7, 11) is 0. The summed E-state index contributed by atoms with van der Waals surface area (Å²) in [4.78, 5) is 23.4. The maximum absolute atomic E-state index is 13.5. The molecule has 0 bridgehead atoms. The third kappa shape index (κ3) is 8.50. The molecular weight excluding hydrogens is 440 g/mol. The number of carboxylic acid groups (broad SMARTS) is 1. The topological polar surface area (TPSA) is 128 Å². The van der Waals surface area contributed by atoms with E-state index in [2.05, 4.69) is 10.4 Å². The number of nitrogens with zero attached hydrogens (tertiary/aromatic N) is 2. The van der Waals surface area contributed by atoms with Crippen molar-refractivity contribution in [1.29, 1.82) is 0 Å². The smallest absolute Gasteiger partial charge is 0.550 e. The Morgan fingerprint density at radius 2 is 1.82 bits per heavy atom. The third-order valence-corrected chi connectivity index (χ3v) is 5.08. The third-order valence-electron chi connectivity index (χ3n) is 5.08. The van der Waals surface area contributed by atoms with Crippen molar-refractivity contribution >= 4 is 11.9 Å². The molecular formula is C23H31FN3NaO5. The molecule has 8 nitrogen and oxygen atoms in total.